The summed E-state index contributed by atoms with van der Waals surface area (Å²) in [5.74, 6) is -1.43. The molecule has 0 radical (unpaired) electrons. The molecule has 0 amide bonds. The van der Waals surface area contributed by atoms with E-state index in [1.165, 1.54) is 13.2 Å². The lowest BCUT2D eigenvalue weighted by Gasteiger charge is -2.32. The zero-order valence-electron chi connectivity index (χ0n) is 12.7. The maximum atomic E-state index is 13.7. The zero-order chi connectivity index (χ0) is 16.3. The minimum atomic E-state index is -4.09. The molecule has 0 heterocycles. The normalized spacial score (nSPS) is 24.1. The van der Waals surface area contributed by atoms with Gasteiger partial charge in [-0.15, -0.1) is 0 Å². The smallest absolute Gasteiger partial charge is 0.391 e. The average Bonchev–Trinajstić information content (AvgIpc) is 2.46. The summed E-state index contributed by atoms with van der Waals surface area (Å²) < 4.78 is 56.5. The second-order valence-corrected chi connectivity index (χ2v) is 5.87. The first-order chi connectivity index (χ1) is 10.3. The van der Waals surface area contributed by atoms with Crippen molar-refractivity contribution in [1.29, 1.82) is 0 Å². The first-order valence-electron chi connectivity index (χ1n) is 7.47. The molecule has 2 nitrogen and oxygen atoms in total. The van der Waals surface area contributed by atoms with Crippen LogP contribution in [0.1, 0.15) is 44.2 Å². The lowest BCUT2D eigenvalue weighted by Crippen LogP contribution is -2.38. The predicted octanol–water partition coefficient (Wildman–Crippen LogP) is 4.61. The molecule has 1 fully saturated rings. The lowest BCUT2D eigenvalue weighted by atomic mass is 9.85. The Kier molecular flexibility index (Phi) is 5.32. The van der Waals surface area contributed by atoms with E-state index in [9.17, 15) is 17.6 Å². The van der Waals surface area contributed by atoms with Gasteiger partial charge in [0.2, 0.25) is 0 Å². The topological polar surface area (TPSA) is 21.3 Å². The Morgan fingerprint density at radius 2 is 1.82 bits per heavy atom. The van der Waals surface area contributed by atoms with Crippen LogP contribution in [-0.2, 0) is 0 Å². The highest BCUT2D eigenvalue weighted by molar-refractivity contribution is 5.30. The van der Waals surface area contributed by atoms with Gasteiger partial charge in [0.25, 0.3) is 0 Å². The van der Waals surface area contributed by atoms with Gasteiger partial charge in [0.05, 0.1) is 13.0 Å². The molecule has 1 atom stereocenters. The summed E-state index contributed by atoms with van der Waals surface area (Å²) in [5, 5.41) is 3.30. The summed E-state index contributed by atoms with van der Waals surface area (Å²) in [6, 6.07) is 4.65. The maximum Gasteiger partial charge on any atom is 0.391 e. The van der Waals surface area contributed by atoms with Crippen LogP contribution in [0.3, 0.4) is 0 Å². The summed E-state index contributed by atoms with van der Waals surface area (Å²) >= 11 is 0. The van der Waals surface area contributed by atoms with Gasteiger partial charge in [-0.2, -0.15) is 13.2 Å². The largest absolute Gasteiger partial charge is 0.494 e. The van der Waals surface area contributed by atoms with Gasteiger partial charge in [0.1, 0.15) is 0 Å². The van der Waals surface area contributed by atoms with Crippen molar-refractivity contribution in [3.63, 3.8) is 0 Å². The number of nitrogens with one attached hydrogen (secondary N) is 1. The Morgan fingerprint density at radius 3 is 2.32 bits per heavy atom. The minimum Gasteiger partial charge on any atom is -0.494 e. The van der Waals surface area contributed by atoms with E-state index in [1.807, 2.05) is 6.92 Å². The maximum absolute atomic E-state index is 13.7. The number of halogens is 4. The Labute approximate surface area is 127 Å². The second-order valence-electron chi connectivity index (χ2n) is 5.87. The molecule has 1 unspecified atom stereocenters. The summed E-state index contributed by atoms with van der Waals surface area (Å²) in [6.45, 7) is 1.89. The van der Waals surface area contributed by atoms with Crippen LogP contribution in [0, 0.1) is 11.7 Å². The van der Waals surface area contributed by atoms with Crippen LogP contribution in [0.15, 0.2) is 18.2 Å². The third-order valence-corrected chi connectivity index (χ3v) is 4.35. The number of alkyl halides is 3. The summed E-state index contributed by atoms with van der Waals surface area (Å²) in [7, 11) is 1.40. The van der Waals surface area contributed by atoms with Crippen LogP contribution in [0.4, 0.5) is 17.6 Å². The number of benzene rings is 1. The molecule has 0 saturated heterocycles. The summed E-state index contributed by atoms with van der Waals surface area (Å²) in [4.78, 5) is 0. The van der Waals surface area contributed by atoms with Gasteiger partial charge in [-0.3, -0.25) is 0 Å². The van der Waals surface area contributed by atoms with Gasteiger partial charge >= 0.3 is 6.18 Å². The van der Waals surface area contributed by atoms with E-state index in [0.717, 1.165) is 5.56 Å². The molecule has 1 aromatic carbocycles. The lowest BCUT2D eigenvalue weighted by molar-refractivity contribution is -0.182. The SMILES string of the molecule is COc1ccc(C(C)NC2CCC(C(F)(F)F)CC2)cc1F. The summed E-state index contributed by atoms with van der Waals surface area (Å²) in [6.07, 6.45) is -2.79. The van der Waals surface area contributed by atoms with Crippen molar-refractivity contribution in [1.82, 2.24) is 5.32 Å². The van der Waals surface area contributed by atoms with Gasteiger partial charge in [0.15, 0.2) is 11.6 Å². The van der Waals surface area contributed by atoms with Gasteiger partial charge in [-0.1, -0.05) is 6.07 Å². The fraction of sp³-hybridized carbons (Fsp3) is 0.625. The third-order valence-electron chi connectivity index (χ3n) is 4.35. The fourth-order valence-corrected chi connectivity index (χ4v) is 2.99. The van der Waals surface area contributed by atoms with Crippen molar-refractivity contribution < 1.29 is 22.3 Å². The van der Waals surface area contributed by atoms with Crippen LogP contribution in [-0.4, -0.2) is 19.3 Å². The molecule has 2 rings (SSSR count). The highest BCUT2D eigenvalue weighted by Crippen LogP contribution is 2.38. The Hall–Kier alpha value is -1.30. The highest BCUT2D eigenvalue weighted by Gasteiger charge is 2.41. The molecule has 1 N–H and O–H groups in total. The first kappa shape index (κ1) is 17.1. The first-order valence-corrected chi connectivity index (χ1v) is 7.47. The van der Waals surface area contributed by atoms with Gasteiger partial charge in [-0.25, -0.2) is 4.39 Å². The molecule has 0 aliphatic heterocycles. The Morgan fingerprint density at radius 1 is 1.18 bits per heavy atom. The molecular formula is C16H21F4NO. The van der Waals surface area contributed by atoms with E-state index < -0.39 is 17.9 Å². The number of hydrogen-bond acceptors (Lipinski definition) is 2. The van der Waals surface area contributed by atoms with Crippen LogP contribution in [0.5, 0.6) is 5.75 Å². The van der Waals surface area contributed by atoms with E-state index in [4.69, 9.17) is 4.74 Å². The molecule has 22 heavy (non-hydrogen) atoms. The van der Waals surface area contributed by atoms with Crippen molar-refractivity contribution in [2.75, 3.05) is 7.11 Å². The molecule has 0 spiro atoms. The molecule has 124 valence electrons. The predicted molar refractivity (Wildman–Crippen MR) is 76.3 cm³/mol. The highest BCUT2D eigenvalue weighted by atomic mass is 19.4. The van der Waals surface area contributed by atoms with E-state index in [0.29, 0.717) is 12.8 Å². The average molecular weight is 319 g/mol. The van der Waals surface area contributed by atoms with Crippen LogP contribution >= 0.6 is 0 Å². The minimum absolute atomic E-state index is 0.0405. The van der Waals surface area contributed by atoms with Crippen LogP contribution in [0.25, 0.3) is 0 Å². The Bertz CT molecular complexity index is 495. The van der Waals surface area contributed by atoms with Crippen molar-refractivity contribution in [3.05, 3.63) is 29.6 Å². The molecule has 0 aromatic heterocycles. The number of rotatable bonds is 4. The third kappa shape index (κ3) is 4.12. The standard InChI is InChI=1S/C16H21F4NO/c1-10(11-3-8-15(22-2)14(17)9-11)21-13-6-4-12(5-7-13)16(18,19)20/h3,8-10,12-13,21H,4-7H2,1-2H3. The Balaban J connectivity index is 1.90. The summed E-state index contributed by atoms with van der Waals surface area (Å²) in [5.41, 5.74) is 0.760. The molecule has 1 aromatic rings. The molecule has 1 aliphatic carbocycles. The van der Waals surface area contributed by atoms with Gasteiger partial charge in [-0.05, 0) is 50.3 Å². The molecule has 6 heteroatoms. The van der Waals surface area contributed by atoms with E-state index in [1.54, 1.807) is 12.1 Å². The van der Waals surface area contributed by atoms with Crippen molar-refractivity contribution in [2.45, 2.75) is 50.9 Å². The second kappa shape index (κ2) is 6.86. The van der Waals surface area contributed by atoms with Crippen molar-refractivity contribution >= 4 is 0 Å². The fourth-order valence-electron chi connectivity index (χ4n) is 2.99. The van der Waals surface area contributed by atoms with Crippen molar-refractivity contribution in [2.24, 2.45) is 5.92 Å². The van der Waals surface area contributed by atoms with E-state index >= 15 is 0 Å². The molecule has 0 bridgehead atoms. The molecule has 1 saturated carbocycles. The molecular weight excluding hydrogens is 298 g/mol. The van der Waals surface area contributed by atoms with Gasteiger partial charge in [0, 0.05) is 12.1 Å². The number of ether oxygens (including phenoxy) is 1. The number of methoxy groups -OCH3 is 1. The van der Waals surface area contributed by atoms with Gasteiger partial charge < -0.3 is 10.1 Å². The van der Waals surface area contributed by atoms with E-state index in [2.05, 4.69) is 5.32 Å². The van der Waals surface area contributed by atoms with Crippen LogP contribution in [0.2, 0.25) is 0 Å². The number of hydrogen-bond donors (Lipinski definition) is 1. The quantitative estimate of drug-likeness (QED) is 0.819. The monoisotopic (exact) mass is 319 g/mol. The van der Waals surface area contributed by atoms with E-state index in [-0.39, 0.29) is 30.7 Å². The zero-order valence-corrected chi connectivity index (χ0v) is 12.7. The van der Waals surface area contributed by atoms with Crippen molar-refractivity contribution in [3.8, 4) is 5.75 Å². The van der Waals surface area contributed by atoms with Crippen LogP contribution < -0.4 is 10.1 Å². The molecule has 1 aliphatic rings.